The van der Waals surface area contributed by atoms with Crippen LogP contribution in [-0.4, -0.2) is 15.5 Å². The van der Waals surface area contributed by atoms with E-state index in [1.807, 2.05) is 19.1 Å². The van der Waals surface area contributed by atoms with E-state index in [-0.39, 0.29) is 10.6 Å². The lowest BCUT2D eigenvalue weighted by Crippen LogP contribution is -2.13. The van der Waals surface area contributed by atoms with E-state index in [9.17, 15) is 8.42 Å². The number of benzene rings is 2. The maximum absolute atomic E-state index is 12.3. The zero-order valence-corrected chi connectivity index (χ0v) is 12.8. The van der Waals surface area contributed by atoms with Gasteiger partial charge in [0.25, 0.3) is 10.0 Å². The fourth-order valence-electron chi connectivity index (χ4n) is 1.90. The summed E-state index contributed by atoms with van der Waals surface area (Å²) in [5.41, 5.74) is 7.68. The van der Waals surface area contributed by atoms with Gasteiger partial charge in [-0.15, -0.1) is 0 Å². The van der Waals surface area contributed by atoms with Gasteiger partial charge in [0.2, 0.25) is 0 Å². The van der Waals surface area contributed by atoms with Crippen LogP contribution in [0.25, 0.3) is 0 Å². The normalized spacial score (nSPS) is 11.1. The molecule has 0 bridgehead atoms. The van der Waals surface area contributed by atoms with Crippen molar-refractivity contribution in [2.24, 2.45) is 0 Å². The molecule has 0 amide bonds. The second-order valence-corrected chi connectivity index (χ2v) is 6.24. The molecule has 21 heavy (non-hydrogen) atoms. The molecule has 2 aromatic rings. The molecule has 0 atom stereocenters. The van der Waals surface area contributed by atoms with E-state index in [2.05, 4.69) is 4.72 Å². The minimum absolute atomic E-state index is 0.0976. The summed E-state index contributed by atoms with van der Waals surface area (Å²) in [6.07, 6.45) is 0.905. The summed E-state index contributed by atoms with van der Waals surface area (Å²) in [5.74, 6) is 0.446. The molecular weight excluding hydrogens is 288 g/mol. The van der Waals surface area contributed by atoms with E-state index >= 15 is 0 Å². The van der Waals surface area contributed by atoms with Crippen molar-refractivity contribution in [2.75, 3.05) is 17.6 Å². The van der Waals surface area contributed by atoms with Gasteiger partial charge in [-0.05, 0) is 42.3 Å². The number of anilines is 2. The summed E-state index contributed by atoms with van der Waals surface area (Å²) in [6, 6.07) is 11.6. The van der Waals surface area contributed by atoms with Gasteiger partial charge in [-0.1, -0.05) is 19.1 Å². The van der Waals surface area contributed by atoms with Gasteiger partial charge in [0, 0.05) is 5.69 Å². The van der Waals surface area contributed by atoms with Crippen molar-refractivity contribution in [2.45, 2.75) is 18.2 Å². The Morgan fingerprint density at radius 2 is 1.81 bits per heavy atom. The van der Waals surface area contributed by atoms with E-state index < -0.39 is 10.0 Å². The topological polar surface area (TPSA) is 81.4 Å². The molecule has 0 saturated heterocycles. The van der Waals surface area contributed by atoms with Crippen LogP contribution >= 0.6 is 0 Å². The molecule has 3 N–H and O–H groups in total. The average Bonchev–Trinajstić information content (AvgIpc) is 2.47. The first-order chi connectivity index (χ1) is 9.96. The first kappa shape index (κ1) is 15.2. The van der Waals surface area contributed by atoms with Crippen LogP contribution in [0.2, 0.25) is 0 Å². The molecule has 0 radical (unpaired) electrons. The average molecular weight is 306 g/mol. The third-order valence-electron chi connectivity index (χ3n) is 3.13. The number of nitrogens with two attached hydrogens (primary N) is 1. The number of hydrogen-bond acceptors (Lipinski definition) is 4. The van der Waals surface area contributed by atoms with Crippen LogP contribution in [0.3, 0.4) is 0 Å². The molecule has 0 aliphatic heterocycles. The smallest absolute Gasteiger partial charge is 0.261 e. The van der Waals surface area contributed by atoms with E-state index in [1.54, 1.807) is 12.1 Å². The van der Waals surface area contributed by atoms with Gasteiger partial charge >= 0.3 is 0 Å². The highest BCUT2D eigenvalue weighted by atomic mass is 32.2. The molecule has 2 aromatic carbocycles. The Balaban J connectivity index is 2.26. The van der Waals surface area contributed by atoms with Gasteiger partial charge in [-0.3, -0.25) is 4.72 Å². The fraction of sp³-hybridized carbons (Fsp3) is 0.200. The fourth-order valence-corrected chi connectivity index (χ4v) is 3.00. The van der Waals surface area contributed by atoms with Gasteiger partial charge in [-0.2, -0.15) is 0 Å². The molecule has 6 heteroatoms. The molecule has 0 fully saturated rings. The Kier molecular flexibility index (Phi) is 4.37. The van der Waals surface area contributed by atoms with Crippen molar-refractivity contribution in [1.82, 2.24) is 0 Å². The van der Waals surface area contributed by atoms with Crippen LogP contribution in [0.15, 0.2) is 47.4 Å². The maximum Gasteiger partial charge on any atom is 0.261 e. The molecule has 2 rings (SSSR count). The van der Waals surface area contributed by atoms with Gasteiger partial charge in [0.15, 0.2) is 0 Å². The summed E-state index contributed by atoms with van der Waals surface area (Å²) in [7, 11) is -2.19. The molecule has 0 spiro atoms. The zero-order valence-electron chi connectivity index (χ0n) is 12.0. The molecule has 112 valence electrons. The highest BCUT2D eigenvalue weighted by Crippen LogP contribution is 2.25. The summed E-state index contributed by atoms with van der Waals surface area (Å²) < 4.78 is 32.1. The number of nitrogens with one attached hydrogen (secondary N) is 1. The number of methoxy groups -OCH3 is 1. The summed E-state index contributed by atoms with van der Waals surface area (Å²) in [5, 5.41) is 0. The Hall–Kier alpha value is -2.21. The molecule has 0 heterocycles. The number of sulfonamides is 1. The minimum Gasteiger partial charge on any atom is -0.495 e. The minimum atomic E-state index is -3.67. The molecule has 0 saturated carbocycles. The zero-order chi connectivity index (χ0) is 15.5. The lowest BCUT2D eigenvalue weighted by Gasteiger charge is -2.10. The molecular formula is C15H18N2O3S. The standard InChI is InChI=1S/C15H18N2O3S/c1-3-11-4-6-12(7-5-11)17-21(18,19)13-8-9-15(20-2)14(16)10-13/h4-10,17H,3,16H2,1-2H3. The second-order valence-electron chi connectivity index (χ2n) is 4.56. The van der Waals surface area contributed by atoms with E-state index in [4.69, 9.17) is 10.5 Å². The first-order valence-electron chi connectivity index (χ1n) is 6.51. The van der Waals surface area contributed by atoms with Crippen LogP contribution in [0.4, 0.5) is 11.4 Å². The lowest BCUT2D eigenvalue weighted by atomic mass is 10.2. The van der Waals surface area contributed by atoms with Crippen LogP contribution in [0.5, 0.6) is 5.75 Å². The van der Waals surface area contributed by atoms with Crippen molar-refractivity contribution >= 4 is 21.4 Å². The summed E-state index contributed by atoms with van der Waals surface area (Å²) in [6.45, 7) is 2.04. The van der Waals surface area contributed by atoms with E-state index in [1.165, 1.54) is 25.3 Å². The maximum atomic E-state index is 12.3. The van der Waals surface area contributed by atoms with E-state index in [0.717, 1.165) is 12.0 Å². The Labute approximate surface area is 124 Å². The SMILES string of the molecule is CCc1ccc(NS(=O)(=O)c2ccc(OC)c(N)c2)cc1. The van der Waals surface area contributed by atoms with Crippen LogP contribution in [-0.2, 0) is 16.4 Å². The van der Waals surface area contributed by atoms with Crippen molar-refractivity contribution < 1.29 is 13.2 Å². The number of rotatable bonds is 5. The Morgan fingerprint density at radius 3 is 2.33 bits per heavy atom. The number of ether oxygens (including phenoxy) is 1. The van der Waals surface area contributed by atoms with Crippen molar-refractivity contribution in [1.29, 1.82) is 0 Å². The van der Waals surface area contributed by atoms with Gasteiger partial charge in [0.05, 0.1) is 17.7 Å². The van der Waals surface area contributed by atoms with Crippen LogP contribution in [0.1, 0.15) is 12.5 Å². The molecule has 5 nitrogen and oxygen atoms in total. The van der Waals surface area contributed by atoms with Gasteiger partial charge < -0.3 is 10.5 Å². The third kappa shape index (κ3) is 3.46. The Bertz CT molecular complexity index is 725. The van der Waals surface area contributed by atoms with Crippen molar-refractivity contribution in [3.8, 4) is 5.75 Å². The van der Waals surface area contributed by atoms with Gasteiger partial charge in [-0.25, -0.2) is 8.42 Å². The predicted octanol–water partition coefficient (Wildman–Crippen LogP) is 2.64. The first-order valence-corrected chi connectivity index (χ1v) is 8.00. The second kappa shape index (κ2) is 6.05. The van der Waals surface area contributed by atoms with Crippen molar-refractivity contribution in [3.05, 3.63) is 48.0 Å². The van der Waals surface area contributed by atoms with E-state index in [0.29, 0.717) is 11.4 Å². The molecule has 0 aliphatic rings. The largest absolute Gasteiger partial charge is 0.495 e. The third-order valence-corrected chi connectivity index (χ3v) is 4.50. The highest BCUT2D eigenvalue weighted by Gasteiger charge is 2.15. The lowest BCUT2D eigenvalue weighted by molar-refractivity contribution is 0.416. The van der Waals surface area contributed by atoms with Gasteiger partial charge in [0.1, 0.15) is 5.75 Å². The summed E-state index contributed by atoms with van der Waals surface area (Å²) >= 11 is 0. The predicted molar refractivity (Wildman–Crippen MR) is 84.0 cm³/mol. The molecule has 0 aliphatic carbocycles. The number of hydrogen-bond donors (Lipinski definition) is 2. The highest BCUT2D eigenvalue weighted by molar-refractivity contribution is 7.92. The number of aryl methyl sites for hydroxylation is 1. The summed E-state index contributed by atoms with van der Waals surface area (Å²) in [4.78, 5) is 0.0976. The monoisotopic (exact) mass is 306 g/mol. The molecule has 0 unspecified atom stereocenters. The Morgan fingerprint density at radius 1 is 1.14 bits per heavy atom. The van der Waals surface area contributed by atoms with Crippen molar-refractivity contribution in [3.63, 3.8) is 0 Å². The quantitative estimate of drug-likeness (QED) is 0.832. The number of nitrogen functional groups attached to an aromatic ring is 1. The van der Waals surface area contributed by atoms with Crippen LogP contribution < -0.4 is 15.2 Å². The van der Waals surface area contributed by atoms with Crippen LogP contribution in [0, 0.1) is 0 Å². The molecule has 0 aromatic heterocycles.